The summed E-state index contributed by atoms with van der Waals surface area (Å²) in [5.74, 6) is 1.49. The van der Waals surface area contributed by atoms with Crippen LogP contribution in [0.1, 0.15) is 38.1 Å². The van der Waals surface area contributed by atoms with Gasteiger partial charge in [0.05, 0.1) is 0 Å². The standard InChI is InChI=1S/C26H28N8O3/c1-4-5-10-21-27-22-23(25(35)30-31-26(22)37-16(2)36-3)34(21)15-17-11-13-18(14-12-17)19-8-6-7-9-20(19)24-28-32-33-29-24/h6-9,11-14,16H,4-5,10,15H2,1-3H3,(H,30,35)(H,28,29,32,33). The predicted molar refractivity (Wildman–Crippen MR) is 137 cm³/mol. The van der Waals surface area contributed by atoms with E-state index >= 15 is 0 Å². The molecule has 0 radical (unpaired) electrons. The number of methoxy groups -OCH3 is 1. The number of tetrazole rings is 1. The van der Waals surface area contributed by atoms with Crippen LogP contribution in [0.3, 0.4) is 0 Å². The zero-order valence-electron chi connectivity index (χ0n) is 20.9. The Morgan fingerprint density at radius 3 is 2.51 bits per heavy atom. The smallest absolute Gasteiger partial charge is 0.264 e. The van der Waals surface area contributed by atoms with E-state index in [9.17, 15) is 5.11 Å². The number of H-pyrrole nitrogens is 1. The van der Waals surface area contributed by atoms with Gasteiger partial charge in [0.15, 0.2) is 17.6 Å². The van der Waals surface area contributed by atoms with Crippen molar-refractivity contribution in [3.8, 4) is 34.3 Å². The van der Waals surface area contributed by atoms with Crippen molar-refractivity contribution in [1.82, 2.24) is 40.4 Å². The van der Waals surface area contributed by atoms with Crippen molar-refractivity contribution in [2.45, 2.75) is 45.9 Å². The molecular weight excluding hydrogens is 472 g/mol. The Labute approximate surface area is 213 Å². The molecule has 0 fully saturated rings. The van der Waals surface area contributed by atoms with Crippen LogP contribution in [-0.2, 0) is 17.7 Å². The minimum Gasteiger partial charge on any atom is -0.491 e. The summed E-state index contributed by atoms with van der Waals surface area (Å²) in [6.07, 6.45) is 2.20. The van der Waals surface area contributed by atoms with Gasteiger partial charge in [-0.2, -0.15) is 0 Å². The number of hydrogen-bond acceptors (Lipinski definition) is 9. The van der Waals surface area contributed by atoms with Crippen molar-refractivity contribution >= 4 is 11.0 Å². The van der Waals surface area contributed by atoms with Crippen LogP contribution in [0, 0.1) is 0 Å². The number of hydrogen-bond donors (Lipinski definition) is 2. The Bertz CT molecular complexity index is 1480. The third-order valence-corrected chi connectivity index (χ3v) is 6.19. The van der Waals surface area contributed by atoms with Crippen molar-refractivity contribution in [1.29, 1.82) is 0 Å². The van der Waals surface area contributed by atoms with Gasteiger partial charge in [0.1, 0.15) is 11.3 Å². The maximum atomic E-state index is 10.7. The first-order valence-corrected chi connectivity index (χ1v) is 12.2. The summed E-state index contributed by atoms with van der Waals surface area (Å²) in [7, 11) is 1.55. The quantitative estimate of drug-likeness (QED) is 0.271. The molecule has 190 valence electrons. The molecular formula is C26H28N8O3. The fourth-order valence-electron chi connectivity index (χ4n) is 4.23. The third kappa shape index (κ3) is 4.98. The number of imidazole rings is 1. The number of aromatic amines is 1. The molecule has 2 N–H and O–H groups in total. The number of ether oxygens (including phenoxy) is 2. The number of aryl methyl sites for hydroxylation is 1. The molecule has 5 aromatic rings. The summed E-state index contributed by atoms with van der Waals surface area (Å²) >= 11 is 0. The topological polar surface area (TPSA) is 137 Å². The molecule has 0 saturated carbocycles. The van der Waals surface area contributed by atoms with Gasteiger partial charge in [-0.3, -0.25) is 0 Å². The van der Waals surface area contributed by atoms with Gasteiger partial charge in [0, 0.05) is 25.6 Å². The highest BCUT2D eigenvalue weighted by Gasteiger charge is 2.22. The maximum absolute atomic E-state index is 10.7. The van der Waals surface area contributed by atoms with E-state index in [-0.39, 0.29) is 11.8 Å². The maximum Gasteiger partial charge on any atom is 0.264 e. The number of aromatic hydroxyl groups is 1. The van der Waals surface area contributed by atoms with Crippen molar-refractivity contribution in [2.75, 3.05) is 7.11 Å². The van der Waals surface area contributed by atoms with E-state index in [0.717, 1.165) is 47.3 Å². The Hall–Kier alpha value is -4.38. The zero-order chi connectivity index (χ0) is 25.8. The van der Waals surface area contributed by atoms with Gasteiger partial charge in [0.25, 0.3) is 11.8 Å². The second kappa shape index (κ2) is 10.7. The molecule has 37 heavy (non-hydrogen) atoms. The molecule has 11 heteroatoms. The van der Waals surface area contributed by atoms with Gasteiger partial charge in [-0.15, -0.1) is 15.3 Å². The third-order valence-electron chi connectivity index (χ3n) is 6.19. The number of fused-ring (bicyclic) bond motifs is 1. The second-order valence-corrected chi connectivity index (χ2v) is 8.66. The number of rotatable bonds is 10. The molecule has 1 unspecified atom stereocenters. The lowest BCUT2D eigenvalue weighted by Crippen LogP contribution is -2.15. The Kier molecular flexibility index (Phi) is 7.04. The summed E-state index contributed by atoms with van der Waals surface area (Å²) in [4.78, 5) is 4.80. The SMILES string of the molecule is CCCCc1nc2c(OC(C)OC)nnc(O)c2n1Cc1ccc(-c2ccccc2-c2nnn[nH]2)cc1. The van der Waals surface area contributed by atoms with Crippen LogP contribution >= 0.6 is 0 Å². The number of benzene rings is 2. The van der Waals surface area contributed by atoms with Crippen LogP contribution in [0.4, 0.5) is 0 Å². The Morgan fingerprint density at radius 1 is 1.03 bits per heavy atom. The van der Waals surface area contributed by atoms with Crippen LogP contribution in [0.15, 0.2) is 48.5 Å². The van der Waals surface area contributed by atoms with E-state index in [0.29, 0.717) is 23.4 Å². The molecule has 11 nitrogen and oxygen atoms in total. The number of unbranched alkanes of at least 4 members (excludes halogenated alkanes) is 1. The van der Waals surface area contributed by atoms with Gasteiger partial charge >= 0.3 is 0 Å². The predicted octanol–water partition coefficient (Wildman–Crippen LogP) is 4.14. The highest BCUT2D eigenvalue weighted by atomic mass is 16.7. The molecule has 0 spiro atoms. The van der Waals surface area contributed by atoms with Crippen molar-refractivity contribution in [3.05, 3.63) is 59.9 Å². The van der Waals surface area contributed by atoms with Crippen LogP contribution in [0.2, 0.25) is 0 Å². The lowest BCUT2D eigenvalue weighted by atomic mass is 9.98. The minimum absolute atomic E-state index is 0.186. The Balaban J connectivity index is 1.51. The highest BCUT2D eigenvalue weighted by Crippen LogP contribution is 2.32. The van der Waals surface area contributed by atoms with E-state index in [1.165, 1.54) is 0 Å². The molecule has 0 aliphatic heterocycles. The summed E-state index contributed by atoms with van der Waals surface area (Å²) in [5, 5.41) is 32.9. The molecule has 0 bridgehead atoms. The molecule has 5 rings (SSSR count). The van der Waals surface area contributed by atoms with Gasteiger partial charge in [-0.05, 0) is 40.5 Å². The van der Waals surface area contributed by atoms with Gasteiger partial charge in [-0.1, -0.05) is 61.9 Å². The average molecular weight is 501 g/mol. The lowest BCUT2D eigenvalue weighted by molar-refractivity contribution is -0.0406. The average Bonchev–Trinajstić information content (AvgIpc) is 3.59. The van der Waals surface area contributed by atoms with Crippen molar-refractivity contribution < 1.29 is 14.6 Å². The fraction of sp³-hybridized carbons (Fsp3) is 0.308. The van der Waals surface area contributed by atoms with Crippen LogP contribution < -0.4 is 4.74 Å². The summed E-state index contributed by atoms with van der Waals surface area (Å²) in [6, 6.07) is 16.2. The first-order valence-electron chi connectivity index (χ1n) is 12.2. The van der Waals surface area contributed by atoms with E-state index in [1.807, 2.05) is 28.8 Å². The van der Waals surface area contributed by atoms with Gasteiger partial charge in [-0.25, -0.2) is 10.1 Å². The number of nitrogens with zero attached hydrogens (tertiary/aromatic N) is 7. The largest absolute Gasteiger partial charge is 0.491 e. The van der Waals surface area contributed by atoms with E-state index in [2.05, 4.69) is 62.0 Å². The second-order valence-electron chi connectivity index (χ2n) is 8.66. The van der Waals surface area contributed by atoms with E-state index in [1.54, 1.807) is 14.0 Å². The summed E-state index contributed by atoms with van der Waals surface area (Å²) in [6.45, 7) is 4.39. The monoisotopic (exact) mass is 500 g/mol. The molecule has 0 amide bonds. The molecule has 0 aliphatic rings. The first-order chi connectivity index (χ1) is 18.1. The summed E-state index contributed by atoms with van der Waals surface area (Å²) < 4.78 is 13.0. The molecule has 1 atom stereocenters. The van der Waals surface area contributed by atoms with Crippen LogP contribution in [0.25, 0.3) is 33.5 Å². The highest BCUT2D eigenvalue weighted by molar-refractivity contribution is 5.85. The molecule has 3 aromatic heterocycles. The van der Waals surface area contributed by atoms with Crippen LogP contribution in [-0.4, -0.2) is 58.9 Å². The minimum atomic E-state index is -0.533. The fourth-order valence-corrected chi connectivity index (χ4v) is 4.23. The number of aromatic nitrogens is 8. The molecule has 0 aliphatic carbocycles. The summed E-state index contributed by atoms with van der Waals surface area (Å²) in [5.41, 5.74) is 4.98. The lowest BCUT2D eigenvalue weighted by Gasteiger charge is -2.13. The van der Waals surface area contributed by atoms with Gasteiger partial charge < -0.3 is 19.1 Å². The van der Waals surface area contributed by atoms with Gasteiger partial charge in [0.2, 0.25) is 0 Å². The first kappa shape index (κ1) is 24.3. The molecule has 0 saturated heterocycles. The van der Waals surface area contributed by atoms with E-state index in [4.69, 9.17) is 14.5 Å². The number of nitrogens with one attached hydrogen (secondary N) is 1. The van der Waals surface area contributed by atoms with E-state index < -0.39 is 6.29 Å². The van der Waals surface area contributed by atoms with Crippen molar-refractivity contribution in [3.63, 3.8) is 0 Å². The van der Waals surface area contributed by atoms with Crippen molar-refractivity contribution in [2.24, 2.45) is 0 Å². The molecule has 2 aromatic carbocycles. The zero-order valence-corrected chi connectivity index (χ0v) is 20.9. The normalized spacial score (nSPS) is 12.2. The molecule has 3 heterocycles. The van der Waals surface area contributed by atoms with Crippen LogP contribution in [0.5, 0.6) is 11.8 Å². The Morgan fingerprint density at radius 2 is 1.81 bits per heavy atom.